The van der Waals surface area contributed by atoms with Gasteiger partial charge in [-0.2, -0.15) is 0 Å². The summed E-state index contributed by atoms with van der Waals surface area (Å²) in [7, 11) is 0. The van der Waals surface area contributed by atoms with Gasteiger partial charge in [0.15, 0.2) is 0 Å². The van der Waals surface area contributed by atoms with Gasteiger partial charge < -0.3 is 5.32 Å². The molecule has 0 bridgehead atoms. The molecule has 2 heterocycles. The molecule has 1 aliphatic heterocycles. The summed E-state index contributed by atoms with van der Waals surface area (Å²) in [5, 5.41) is 11.2. The summed E-state index contributed by atoms with van der Waals surface area (Å²) >= 11 is 0. The Morgan fingerprint density at radius 2 is 1.09 bits per heavy atom. The molecule has 1 N–H and O–H groups in total. The van der Waals surface area contributed by atoms with E-state index in [2.05, 4.69) is 144 Å². The van der Waals surface area contributed by atoms with Gasteiger partial charge in [0.1, 0.15) is 0 Å². The minimum absolute atomic E-state index is 0.760. The zero-order chi connectivity index (χ0) is 29.7. The second kappa shape index (κ2) is 10.6. The van der Waals surface area contributed by atoms with Crippen molar-refractivity contribution in [3.8, 4) is 22.3 Å². The first-order valence-corrected chi connectivity index (χ1v) is 15.9. The predicted octanol–water partition coefficient (Wildman–Crippen LogP) is 10.8. The van der Waals surface area contributed by atoms with Crippen LogP contribution in [0.5, 0.6) is 0 Å². The standard InChI is InChI=1S/C43H32N2/c1-3-7-39-37(5-1)42(31-13-11-29(12-14-31)28-9-10-28)38-6-2-4-8-40(38)43(39)36-18-16-32-25-35(17-15-33(32)26-36)41-27-34(21-24-45-41)30-19-22-44-23-20-30/h1-8,11-23,25-28,45H,9-10,24H2. The zero-order valence-electron chi connectivity index (χ0n) is 25.0. The molecule has 0 radical (unpaired) electrons. The Bertz CT molecular complexity index is 2250. The third-order valence-corrected chi connectivity index (χ3v) is 9.55. The molecule has 0 unspecified atom stereocenters. The van der Waals surface area contributed by atoms with Gasteiger partial charge in [-0.1, -0.05) is 103 Å². The Kier molecular flexibility index (Phi) is 6.12. The lowest BCUT2D eigenvalue weighted by Crippen LogP contribution is -2.16. The molecule has 2 heteroatoms. The van der Waals surface area contributed by atoms with E-state index in [4.69, 9.17) is 0 Å². The number of nitrogens with zero attached hydrogens (tertiary/aromatic N) is 1. The van der Waals surface area contributed by atoms with Crippen molar-refractivity contribution < 1.29 is 0 Å². The number of aromatic nitrogens is 1. The van der Waals surface area contributed by atoms with Crippen molar-refractivity contribution in [2.24, 2.45) is 0 Å². The summed E-state index contributed by atoms with van der Waals surface area (Å²) in [6.45, 7) is 0.807. The molecular formula is C43H32N2. The van der Waals surface area contributed by atoms with Gasteiger partial charge >= 0.3 is 0 Å². The minimum atomic E-state index is 0.760. The molecule has 45 heavy (non-hydrogen) atoms. The summed E-state index contributed by atoms with van der Waals surface area (Å²) in [6.07, 6.45) is 10.8. The first-order valence-electron chi connectivity index (χ1n) is 15.9. The smallest absolute Gasteiger partial charge is 0.0422 e. The molecule has 1 aliphatic carbocycles. The first kappa shape index (κ1) is 26.0. The lowest BCUT2D eigenvalue weighted by molar-refractivity contribution is 0.999. The van der Waals surface area contributed by atoms with Crippen LogP contribution in [0.25, 0.3) is 65.8 Å². The number of benzene rings is 6. The van der Waals surface area contributed by atoms with E-state index in [0.717, 1.165) is 18.2 Å². The van der Waals surface area contributed by atoms with Crippen molar-refractivity contribution in [3.05, 3.63) is 163 Å². The number of dihydropyridines is 1. The van der Waals surface area contributed by atoms with Gasteiger partial charge in [0.25, 0.3) is 0 Å². The third kappa shape index (κ3) is 4.62. The highest BCUT2D eigenvalue weighted by molar-refractivity contribution is 6.21. The van der Waals surface area contributed by atoms with Crippen molar-refractivity contribution in [2.45, 2.75) is 18.8 Å². The maximum atomic E-state index is 4.18. The van der Waals surface area contributed by atoms with Crippen molar-refractivity contribution in [1.82, 2.24) is 10.3 Å². The summed E-state index contributed by atoms with van der Waals surface area (Å²) in [5.41, 5.74) is 11.4. The third-order valence-electron chi connectivity index (χ3n) is 9.55. The highest BCUT2D eigenvalue weighted by atomic mass is 14.9. The lowest BCUT2D eigenvalue weighted by atomic mass is 9.85. The largest absolute Gasteiger partial charge is 0.381 e. The quantitative estimate of drug-likeness (QED) is 0.206. The van der Waals surface area contributed by atoms with Gasteiger partial charge in [-0.25, -0.2) is 0 Å². The van der Waals surface area contributed by atoms with Gasteiger partial charge in [-0.15, -0.1) is 0 Å². The molecule has 6 aromatic carbocycles. The maximum absolute atomic E-state index is 4.18. The summed E-state index contributed by atoms with van der Waals surface area (Å²) in [4.78, 5) is 4.18. The van der Waals surface area contributed by atoms with Crippen LogP contribution in [0.2, 0.25) is 0 Å². The Balaban J connectivity index is 1.16. The maximum Gasteiger partial charge on any atom is 0.0422 e. The number of pyridine rings is 1. The van der Waals surface area contributed by atoms with Crippen LogP contribution in [0.1, 0.15) is 35.4 Å². The molecule has 0 atom stereocenters. The van der Waals surface area contributed by atoms with Gasteiger partial charge in [0.2, 0.25) is 0 Å². The van der Waals surface area contributed by atoms with E-state index in [0.29, 0.717) is 0 Å². The first-order chi connectivity index (χ1) is 22.3. The summed E-state index contributed by atoms with van der Waals surface area (Å²) < 4.78 is 0. The van der Waals surface area contributed by atoms with Gasteiger partial charge in [0, 0.05) is 24.6 Å². The molecule has 0 saturated heterocycles. The van der Waals surface area contributed by atoms with Crippen LogP contribution in [-0.4, -0.2) is 11.5 Å². The van der Waals surface area contributed by atoms with Crippen LogP contribution >= 0.6 is 0 Å². The number of rotatable bonds is 5. The molecule has 0 spiro atoms. The van der Waals surface area contributed by atoms with E-state index < -0.39 is 0 Å². The number of fused-ring (bicyclic) bond motifs is 3. The SMILES string of the molecule is C1=C(c2ccncc2)C=C(c2ccc3cc(-c4c5ccccc5c(-c5ccc(C6CC6)cc5)c5ccccc45)ccc3c2)NC1. The normalized spacial score (nSPS) is 14.8. The second-order valence-corrected chi connectivity index (χ2v) is 12.3. The monoisotopic (exact) mass is 576 g/mol. The summed E-state index contributed by atoms with van der Waals surface area (Å²) in [5.74, 6) is 0.760. The Morgan fingerprint density at radius 1 is 0.533 bits per heavy atom. The van der Waals surface area contributed by atoms with E-state index in [9.17, 15) is 0 Å². The molecule has 9 rings (SSSR count). The van der Waals surface area contributed by atoms with Crippen LogP contribution in [-0.2, 0) is 0 Å². The molecular weight excluding hydrogens is 544 g/mol. The average molecular weight is 577 g/mol. The van der Waals surface area contributed by atoms with Crippen LogP contribution in [0.3, 0.4) is 0 Å². The van der Waals surface area contributed by atoms with Crippen molar-refractivity contribution in [3.63, 3.8) is 0 Å². The van der Waals surface area contributed by atoms with Crippen LogP contribution < -0.4 is 5.32 Å². The molecule has 1 saturated carbocycles. The summed E-state index contributed by atoms with van der Waals surface area (Å²) in [6, 6.07) is 45.1. The molecule has 0 amide bonds. The van der Waals surface area contributed by atoms with Crippen molar-refractivity contribution in [2.75, 3.05) is 6.54 Å². The van der Waals surface area contributed by atoms with Gasteiger partial charge in [-0.3, -0.25) is 4.98 Å². The molecule has 7 aromatic rings. The fourth-order valence-corrected chi connectivity index (χ4v) is 7.13. The Hall–Kier alpha value is -5.47. The number of nitrogens with one attached hydrogen (secondary N) is 1. The molecule has 2 nitrogen and oxygen atoms in total. The van der Waals surface area contributed by atoms with Crippen LogP contribution in [0.15, 0.2) is 146 Å². The lowest BCUT2D eigenvalue weighted by Gasteiger charge is -2.19. The average Bonchev–Trinajstić information content (AvgIpc) is 3.97. The highest BCUT2D eigenvalue weighted by Gasteiger charge is 2.23. The van der Waals surface area contributed by atoms with Gasteiger partial charge in [-0.05, 0) is 126 Å². The number of hydrogen-bond donors (Lipinski definition) is 1. The fraction of sp³-hybridized carbons (Fsp3) is 0.0930. The molecule has 1 fully saturated rings. The van der Waals surface area contributed by atoms with E-state index in [1.54, 1.807) is 0 Å². The highest BCUT2D eigenvalue weighted by Crippen LogP contribution is 2.45. The fourth-order valence-electron chi connectivity index (χ4n) is 7.13. The predicted molar refractivity (Wildman–Crippen MR) is 190 cm³/mol. The Morgan fingerprint density at radius 3 is 1.71 bits per heavy atom. The van der Waals surface area contributed by atoms with Crippen molar-refractivity contribution >= 4 is 43.6 Å². The van der Waals surface area contributed by atoms with Crippen LogP contribution in [0.4, 0.5) is 0 Å². The van der Waals surface area contributed by atoms with Crippen molar-refractivity contribution in [1.29, 1.82) is 0 Å². The number of allylic oxidation sites excluding steroid dienone is 2. The van der Waals surface area contributed by atoms with Gasteiger partial charge in [0.05, 0.1) is 0 Å². The minimum Gasteiger partial charge on any atom is -0.381 e. The van der Waals surface area contributed by atoms with E-state index in [1.165, 1.54) is 89.7 Å². The molecule has 214 valence electrons. The van der Waals surface area contributed by atoms with E-state index >= 15 is 0 Å². The van der Waals surface area contributed by atoms with E-state index in [-0.39, 0.29) is 0 Å². The number of hydrogen-bond acceptors (Lipinski definition) is 2. The van der Waals surface area contributed by atoms with E-state index in [1.807, 2.05) is 12.4 Å². The molecule has 2 aliphatic rings. The van der Waals surface area contributed by atoms with Crippen LogP contribution in [0, 0.1) is 0 Å². The molecule has 1 aromatic heterocycles. The Labute approximate surface area is 263 Å². The topological polar surface area (TPSA) is 24.9 Å². The second-order valence-electron chi connectivity index (χ2n) is 12.3. The zero-order valence-corrected chi connectivity index (χ0v) is 25.0.